The molecule has 0 aliphatic rings. The van der Waals surface area contributed by atoms with E-state index in [0.29, 0.717) is 16.6 Å². The van der Waals surface area contributed by atoms with Crippen molar-refractivity contribution >= 4 is 16.6 Å². The van der Waals surface area contributed by atoms with Crippen LogP contribution in [0.5, 0.6) is 0 Å². The number of fused-ring (bicyclic) bond motifs is 3. The third-order valence-electron chi connectivity index (χ3n) is 3.96. The number of rotatable bonds is 3. The molecule has 1 aromatic carbocycles. The minimum absolute atomic E-state index is 0.142. The summed E-state index contributed by atoms with van der Waals surface area (Å²) in [6, 6.07) is 10.9. The van der Waals surface area contributed by atoms with Crippen molar-refractivity contribution in [1.82, 2.24) is 18.9 Å². The van der Waals surface area contributed by atoms with Crippen molar-refractivity contribution in [3.63, 3.8) is 0 Å². The van der Waals surface area contributed by atoms with Gasteiger partial charge in [0.1, 0.15) is 12.0 Å². The lowest BCUT2D eigenvalue weighted by atomic mass is 10.1. The Bertz CT molecular complexity index is 1040. The Kier molecular flexibility index (Phi) is 3.17. The van der Waals surface area contributed by atoms with E-state index < -0.39 is 6.10 Å². The number of imidazole rings is 1. The maximum absolute atomic E-state index is 12.8. The Morgan fingerprint density at radius 3 is 2.78 bits per heavy atom. The standard InChI is InChI=1S/C17H14N4O2/c22-15(12-4-3-7-18-8-12)10-20-16-9-19-11-21(16)14-6-2-1-5-13(14)17(20)23/h1-9,11,15,22H,10H2. The normalized spacial score (nSPS) is 12.7. The van der Waals surface area contributed by atoms with Gasteiger partial charge in [0, 0.05) is 18.0 Å². The number of aromatic nitrogens is 4. The van der Waals surface area contributed by atoms with Gasteiger partial charge in [-0.15, -0.1) is 0 Å². The van der Waals surface area contributed by atoms with Crippen LogP contribution in [0.4, 0.5) is 0 Å². The fourth-order valence-corrected chi connectivity index (χ4v) is 2.82. The number of nitrogens with zero attached hydrogens (tertiary/aromatic N) is 4. The Morgan fingerprint density at radius 2 is 1.96 bits per heavy atom. The van der Waals surface area contributed by atoms with Crippen LogP contribution in [0.1, 0.15) is 11.7 Å². The van der Waals surface area contributed by atoms with E-state index >= 15 is 0 Å². The van der Waals surface area contributed by atoms with Crippen molar-refractivity contribution in [1.29, 1.82) is 0 Å². The van der Waals surface area contributed by atoms with Crippen molar-refractivity contribution < 1.29 is 5.11 Å². The first kappa shape index (κ1) is 13.7. The van der Waals surface area contributed by atoms with E-state index in [4.69, 9.17) is 0 Å². The smallest absolute Gasteiger partial charge is 0.261 e. The molecular formula is C17H14N4O2. The van der Waals surface area contributed by atoms with E-state index in [1.165, 1.54) is 0 Å². The van der Waals surface area contributed by atoms with Crippen molar-refractivity contribution in [2.45, 2.75) is 12.6 Å². The van der Waals surface area contributed by atoms with Crippen molar-refractivity contribution in [3.8, 4) is 0 Å². The molecule has 4 aromatic rings. The first-order chi connectivity index (χ1) is 11.3. The SMILES string of the molecule is O=c1c2ccccc2n2cncc2n1CC(O)c1cccnc1. The molecule has 0 fully saturated rings. The zero-order chi connectivity index (χ0) is 15.8. The largest absolute Gasteiger partial charge is 0.386 e. The molecule has 3 heterocycles. The zero-order valence-electron chi connectivity index (χ0n) is 12.2. The first-order valence-corrected chi connectivity index (χ1v) is 7.27. The molecule has 1 atom stereocenters. The number of aliphatic hydroxyl groups excluding tert-OH is 1. The molecule has 3 aromatic heterocycles. The number of hydrogen-bond donors (Lipinski definition) is 1. The highest BCUT2D eigenvalue weighted by molar-refractivity contribution is 5.80. The molecule has 0 aliphatic carbocycles. The molecule has 1 N–H and O–H groups in total. The van der Waals surface area contributed by atoms with E-state index in [0.717, 1.165) is 5.52 Å². The topological polar surface area (TPSA) is 72.4 Å². The molecule has 0 spiro atoms. The van der Waals surface area contributed by atoms with Crippen LogP contribution >= 0.6 is 0 Å². The maximum Gasteiger partial charge on any atom is 0.261 e. The highest BCUT2D eigenvalue weighted by Crippen LogP contribution is 2.17. The third kappa shape index (κ3) is 2.20. The average Bonchev–Trinajstić information content (AvgIpc) is 3.09. The highest BCUT2D eigenvalue weighted by Gasteiger charge is 2.15. The van der Waals surface area contributed by atoms with Crippen LogP contribution in [0.2, 0.25) is 0 Å². The molecule has 1 unspecified atom stereocenters. The van der Waals surface area contributed by atoms with E-state index in [1.807, 2.05) is 22.6 Å². The number of hydrogen-bond acceptors (Lipinski definition) is 4. The molecule has 4 rings (SSSR count). The Morgan fingerprint density at radius 1 is 1.09 bits per heavy atom. The summed E-state index contributed by atoms with van der Waals surface area (Å²) >= 11 is 0. The van der Waals surface area contributed by atoms with E-state index in [-0.39, 0.29) is 12.1 Å². The van der Waals surface area contributed by atoms with Gasteiger partial charge in [-0.2, -0.15) is 0 Å². The predicted molar refractivity (Wildman–Crippen MR) is 86.2 cm³/mol. The van der Waals surface area contributed by atoms with Gasteiger partial charge < -0.3 is 5.11 Å². The Hall–Kier alpha value is -2.99. The monoisotopic (exact) mass is 306 g/mol. The Balaban J connectivity index is 1.90. The van der Waals surface area contributed by atoms with Crippen molar-refractivity contribution in [3.05, 3.63) is 77.2 Å². The molecule has 0 saturated heterocycles. The molecule has 114 valence electrons. The van der Waals surface area contributed by atoms with Crippen LogP contribution < -0.4 is 5.56 Å². The fraction of sp³-hybridized carbons (Fsp3) is 0.118. The van der Waals surface area contributed by atoms with Gasteiger partial charge in [0.15, 0.2) is 0 Å². The molecule has 23 heavy (non-hydrogen) atoms. The lowest BCUT2D eigenvalue weighted by Crippen LogP contribution is -2.25. The molecule has 0 aliphatic heterocycles. The van der Waals surface area contributed by atoms with Crippen molar-refractivity contribution in [2.24, 2.45) is 0 Å². The van der Waals surface area contributed by atoms with Crippen LogP contribution in [0, 0.1) is 0 Å². The molecule has 0 bridgehead atoms. The maximum atomic E-state index is 12.8. The van der Waals surface area contributed by atoms with Gasteiger partial charge in [0.25, 0.3) is 5.56 Å². The first-order valence-electron chi connectivity index (χ1n) is 7.27. The van der Waals surface area contributed by atoms with Gasteiger partial charge in [0.05, 0.1) is 29.7 Å². The van der Waals surface area contributed by atoms with Gasteiger partial charge in [-0.1, -0.05) is 18.2 Å². The van der Waals surface area contributed by atoms with Gasteiger partial charge in [-0.05, 0) is 18.2 Å². The number of para-hydroxylation sites is 1. The minimum Gasteiger partial charge on any atom is -0.386 e. The number of aliphatic hydroxyl groups is 1. The van der Waals surface area contributed by atoms with Gasteiger partial charge in [0.2, 0.25) is 0 Å². The van der Waals surface area contributed by atoms with Crippen LogP contribution in [0.25, 0.3) is 16.6 Å². The van der Waals surface area contributed by atoms with Crippen molar-refractivity contribution in [2.75, 3.05) is 0 Å². The van der Waals surface area contributed by atoms with Crippen LogP contribution in [0.15, 0.2) is 66.1 Å². The van der Waals surface area contributed by atoms with E-state index in [1.54, 1.807) is 47.7 Å². The lowest BCUT2D eigenvalue weighted by Gasteiger charge is -2.15. The van der Waals surface area contributed by atoms with Crippen LogP contribution in [-0.2, 0) is 6.54 Å². The van der Waals surface area contributed by atoms with Gasteiger partial charge >= 0.3 is 0 Å². The van der Waals surface area contributed by atoms with E-state index in [2.05, 4.69) is 9.97 Å². The summed E-state index contributed by atoms with van der Waals surface area (Å²) in [7, 11) is 0. The third-order valence-corrected chi connectivity index (χ3v) is 3.96. The van der Waals surface area contributed by atoms with E-state index in [9.17, 15) is 9.90 Å². The summed E-state index contributed by atoms with van der Waals surface area (Å²) in [6.45, 7) is 0.143. The summed E-state index contributed by atoms with van der Waals surface area (Å²) < 4.78 is 3.40. The second kappa shape index (κ2) is 5.33. The fourth-order valence-electron chi connectivity index (χ4n) is 2.82. The second-order valence-corrected chi connectivity index (χ2v) is 5.36. The lowest BCUT2D eigenvalue weighted by molar-refractivity contribution is 0.156. The summed E-state index contributed by atoms with van der Waals surface area (Å²) in [5, 5.41) is 11.0. The average molecular weight is 306 g/mol. The zero-order valence-corrected chi connectivity index (χ0v) is 12.2. The van der Waals surface area contributed by atoms with Crippen LogP contribution in [0.3, 0.4) is 0 Å². The predicted octanol–water partition coefficient (Wildman–Crippen LogP) is 1.78. The summed E-state index contributed by atoms with van der Waals surface area (Å²) in [4.78, 5) is 21.0. The molecule has 6 heteroatoms. The van der Waals surface area contributed by atoms with Gasteiger partial charge in [-0.3, -0.25) is 18.7 Å². The quantitative estimate of drug-likeness (QED) is 0.626. The summed E-state index contributed by atoms with van der Waals surface area (Å²) in [6.07, 6.45) is 5.73. The molecule has 0 saturated carbocycles. The number of pyridine rings is 1. The molecule has 0 radical (unpaired) electrons. The minimum atomic E-state index is -0.818. The van der Waals surface area contributed by atoms with Crippen LogP contribution in [-0.4, -0.2) is 24.0 Å². The molecule has 6 nitrogen and oxygen atoms in total. The summed E-state index contributed by atoms with van der Waals surface area (Å²) in [5.41, 5.74) is 1.98. The summed E-state index contributed by atoms with van der Waals surface area (Å²) in [5.74, 6) is 0. The molecule has 0 amide bonds. The number of benzene rings is 1. The highest BCUT2D eigenvalue weighted by atomic mass is 16.3. The Labute approximate surface area is 131 Å². The van der Waals surface area contributed by atoms with Gasteiger partial charge in [-0.25, -0.2) is 4.98 Å². The molecular weight excluding hydrogens is 292 g/mol. The second-order valence-electron chi connectivity index (χ2n) is 5.36.